The molecule has 0 fully saturated rings. The van der Waals surface area contributed by atoms with E-state index in [-0.39, 0.29) is 6.04 Å². The lowest BCUT2D eigenvalue weighted by atomic mass is 9.96. The number of hydrogen-bond acceptors (Lipinski definition) is 1. The van der Waals surface area contributed by atoms with Gasteiger partial charge in [0.2, 0.25) is 0 Å². The maximum Gasteiger partial charge on any atom is 0.128 e. The second kappa shape index (κ2) is 6.02. The molecule has 0 bridgehead atoms. The third-order valence-electron chi connectivity index (χ3n) is 3.28. The molecule has 106 valence electrons. The van der Waals surface area contributed by atoms with Gasteiger partial charge in [0.1, 0.15) is 11.6 Å². The summed E-state index contributed by atoms with van der Waals surface area (Å²) < 4.78 is 28.8. The van der Waals surface area contributed by atoms with E-state index in [1.165, 1.54) is 12.1 Å². The standard InChI is InChI=1S/C16H16BrF2N/c1-9-4-11(7-12(17)5-9)16(20-3)13-8-14(18)10(2)6-15(13)19/h4-8,16,20H,1-3H3. The van der Waals surface area contributed by atoms with E-state index in [0.29, 0.717) is 11.1 Å². The summed E-state index contributed by atoms with van der Waals surface area (Å²) in [4.78, 5) is 0. The van der Waals surface area contributed by atoms with Gasteiger partial charge in [-0.1, -0.05) is 22.0 Å². The highest BCUT2D eigenvalue weighted by molar-refractivity contribution is 9.10. The third-order valence-corrected chi connectivity index (χ3v) is 3.73. The highest BCUT2D eigenvalue weighted by Gasteiger charge is 2.18. The Kier molecular flexibility index (Phi) is 4.55. The van der Waals surface area contributed by atoms with Crippen LogP contribution in [0.15, 0.2) is 34.8 Å². The van der Waals surface area contributed by atoms with Crippen LogP contribution in [0.2, 0.25) is 0 Å². The summed E-state index contributed by atoms with van der Waals surface area (Å²) in [6.07, 6.45) is 0. The molecule has 0 amide bonds. The second-order valence-electron chi connectivity index (χ2n) is 4.91. The van der Waals surface area contributed by atoms with Crippen LogP contribution in [-0.2, 0) is 0 Å². The van der Waals surface area contributed by atoms with E-state index in [0.717, 1.165) is 15.6 Å². The predicted octanol–water partition coefficient (Wildman–Crippen LogP) is 4.65. The minimum Gasteiger partial charge on any atom is -0.309 e. The highest BCUT2D eigenvalue weighted by Crippen LogP contribution is 2.28. The Morgan fingerprint density at radius 2 is 1.70 bits per heavy atom. The van der Waals surface area contributed by atoms with Crippen molar-refractivity contribution in [3.8, 4) is 0 Å². The predicted molar refractivity (Wildman–Crippen MR) is 80.9 cm³/mol. The smallest absolute Gasteiger partial charge is 0.128 e. The van der Waals surface area contributed by atoms with E-state index in [1.54, 1.807) is 14.0 Å². The molecule has 1 nitrogen and oxygen atoms in total. The highest BCUT2D eigenvalue weighted by atomic mass is 79.9. The van der Waals surface area contributed by atoms with Crippen LogP contribution < -0.4 is 5.32 Å². The molecule has 0 aliphatic rings. The molecule has 0 heterocycles. The Bertz CT molecular complexity index is 620. The lowest BCUT2D eigenvalue weighted by Crippen LogP contribution is -2.19. The maximum absolute atomic E-state index is 14.1. The summed E-state index contributed by atoms with van der Waals surface area (Å²) in [6.45, 7) is 3.52. The number of rotatable bonds is 3. The SMILES string of the molecule is CNC(c1cc(C)cc(Br)c1)c1cc(F)c(C)cc1F. The van der Waals surface area contributed by atoms with Crippen molar-refractivity contribution in [1.29, 1.82) is 0 Å². The average molecular weight is 340 g/mol. The summed E-state index contributed by atoms with van der Waals surface area (Å²) in [5.74, 6) is -0.797. The van der Waals surface area contributed by atoms with Gasteiger partial charge in [0.25, 0.3) is 0 Å². The molecule has 0 aliphatic carbocycles. The maximum atomic E-state index is 14.1. The monoisotopic (exact) mass is 339 g/mol. The van der Waals surface area contributed by atoms with Crippen molar-refractivity contribution >= 4 is 15.9 Å². The summed E-state index contributed by atoms with van der Waals surface area (Å²) >= 11 is 3.43. The molecule has 0 saturated carbocycles. The van der Waals surface area contributed by atoms with Gasteiger partial charge in [0, 0.05) is 10.0 Å². The first-order valence-corrected chi connectivity index (χ1v) is 7.11. The first kappa shape index (κ1) is 15.1. The number of nitrogens with one attached hydrogen (secondary N) is 1. The van der Waals surface area contributed by atoms with Gasteiger partial charge in [-0.25, -0.2) is 8.78 Å². The van der Waals surface area contributed by atoms with Crippen molar-refractivity contribution in [2.75, 3.05) is 7.05 Å². The molecular weight excluding hydrogens is 324 g/mol. The zero-order chi connectivity index (χ0) is 14.9. The number of aryl methyl sites for hydroxylation is 2. The zero-order valence-corrected chi connectivity index (χ0v) is 13.2. The van der Waals surface area contributed by atoms with Gasteiger partial charge in [-0.05, 0) is 61.9 Å². The van der Waals surface area contributed by atoms with E-state index < -0.39 is 11.6 Å². The van der Waals surface area contributed by atoms with Crippen LogP contribution >= 0.6 is 15.9 Å². The molecule has 2 aromatic rings. The minimum absolute atomic E-state index is 0.312. The molecule has 4 heteroatoms. The molecule has 0 radical (unpaired) electrons. The van der Waals surface area contributed by atoms with Crippen molar-refractivity contribution in [3.63, 3.8) is 0 Å². The van der Waals surface area contributed by atoms with Crippen molar-refractivity contribution in [2.45, 2.75) is 19.9 Å². The molecule has 1 atom stereocenters. The van der Waals surface area contributed by atoms with Gasteiger partial charge in [-0.2, -0.15) is 0 Å². The van der Waals surface area contributed by atoms with Crippen molar-refractivity contribution in [1.82, 2.24) is 5.32 Å². The molecule has 1 unspecified atom stereocenters. The van der Waals surface area contributed by atoms with Gasteiger partial charge in [0.05, 0.1) is 6.04 Å². The topological polar surface area (TPSA) is 12.0 Å². The Morgan fingerprint density at radius 3 is 2.30 bits per heavy atom. The molecule has 0 aliphatic heterocycles. The van der Waals surface area contributed by atoms with Crippen molar-refractivity contribution < 1.29 is 8.78 Å². The van der Waals surface area contributed by atoms with Gasteiger partial charge >= 0.3 is 0 Å². The average Bonchev–Trinajstić information content (AvgIpc) is 2.35. The van der Waals surface area contributed by atoms with Crippen LogP contribution in [0.1, 0.15) is 28.3 Å². The quantitative estimate of drug-likeness (QED) is 0.857. The number of hydrogen-bond donors (Lipinski definition) is 1. The fraction of sp³-hybridized carbons (Fsp3) is 0.250. The number of halogens is 3. The Hall–Kier alpha value is -1.26. The Morgan fingerprint density at radius 1 is 1.00 bits per heavy atom. The van der Waals surface area contributed by atoms with E-state index in [2.05, 4.69) is 21.2 Å². The molecule has 2 aromatic carbocycles. The van der Waals surface area contributed by atoms with Crippen LogP contribution in [0.25, 0.3) is 0 Å². The van der Waals surface area contributed by atoms with E-state index in [1.807, 2.05) is 25.1 Å². The normalized spacial score (nSPS) is 12.5. The van der Waals surface area contributed by atoms with Gasteiger partial charge in [-0.3, -0.25) is 0 Å². The van der Waals surface area contributed by atoms with Gasteiger partial charge in [-0.15, -0.1) is 0 Å². The lowest BCUT2D eigenvalue weighted by Gasteiger charge is -2.19. The van der Waals surface area contributed by atoms with Crippen molar-refractivity contribution in [3.05, 3.63) is 68.7 Å². The molecular formula is C16H16BrF2N. The summed E-state index contributed by atoms with van der Waals surface area (Å²) in [7, 11) is 1.73. The lowest BCUT2D eigenvalue weighted by molar-refractivity contribution is 0.553. The minimum atomic E-state index is -0.402. The van der Waals surface area contributed by atoms with E-state index in [9.17, 15) is 8.78 Å². The van der Waals surface area contributed by atoms with E-state index >= 15 is 0 Å². The van der Waals surface area contributed by atoms with E-state index in [4.69, 9.17) is 0 Å². The molecule has 0 spiro atoms. The molecule has 1 N–H and O–H groups in total. The first-order valence-electron chi connectivity index (χ1n) is 6.32. The van der Waals surface area contributed by atoms with Crippen LogP contribution in [-0.4, -0.2) is 7.05 Å². The summed E-state index contributed by atoms with van der Waals surface area (Å²) in [5.41, 5.74) is 2.57. The van der Waals surface area contributed by atoms with Crippen LogP contribution in [0.5, 0.6) is 0 Å². The molecule has 0 aromatic heterocycles. The third kappa shape index (κ3) is 3.07. The van der Waals surface area contributed by atoms with Gasteiger partial charge in [0.15, 0.2) is 0 Å². The Labute approximate surface area is 126 Å². The number of benzene rings is 2. The zero-order valence-electron chi connectivity index (χ0n) is 11.6. The second-order valence-corrected chi connectivity index (χ2v) is 5.82. The fourth-order valence-electron chi connectivity index (χ4n) is 2.32. The molecule has 20 heavy (non-hydrogen) atoms. The summed E-state index contributed by atoms with van der Waals surface area (Å²) in [5, 5.41) is 3.05. The van der Waals surface area contributed by atoms with Crippen LogP contribution in [0.4, 0.5) is 8.78 Å². The van der Waals surface area contributed by atoms with Crippen molar-refractivity contribution in [2.24, 2.45) is 0 Å². The fourth-order valence-corrected chi connectivity index (χ4v) is 2.94. The Balaban J connectivity index is 2.55. The molecule has 2 rings (SSSR count). The van der Waals surface area contributed by atoms with Crippen LogP contribution in [0, 0.1) is 25.5 Å². The molecule has 0 saturated heterocycles. The summed E-state index contributed by atoms with van der Waals surface area (Å²) in [6, 6.07) is 7.96. The largest absolute Gasteiger partial charge is 0.309 e. The first-order chi connectivity index (χ1) is 9.42. The van der Waals surface area contributed by atoms with Crippen LogP contribution in [0.3, 0.4) is 0 Å². The van der Waals surface area contributed by atoms with Gasteiger partial charge < -0.3 is 5.32 Å².